The Balaban J connectivity index is 1.59. The lowest BCUT2D eigenvalue weighted by Crippen LogP contribution is -2.37. The monoisotopic (exact) mass is 340 g/mol. The zero-order valence-corrected chi connectivity index (χ0v) is 14.1. The van der Waals surface area contributed by atoms with Crippen LogP contribution in [0.15, 0.2) is 24.3 Å². The highest BCUT2D eigenvalue weighted by Crippen LogP contribution is 2.35. The first-order chi connectivity index (χ1) is 12.3. The summed E-state index contributed by atoms with van der Waals surface area (Å²) in [6.07, 6.45) is 0.701. The fourth-order valence-corrected chi connectivity index (χ4v) is 3.18. The third kappa shape index (κ3) is 2.97. The number of benzene rings is 1. The number of carbonyl (C=O) groups excluding carboxylic acids is 1. The Labute approximate surface area is 146 Å². The van der Waals surface area contributed by atoms with Crippen LogP contribution < -0.4 is 14.8 Å². The Hall–Kier alpha value is -2.83. The number of anilines is 1. The number of nitrogens with one attached hydrogen (secondary N) is 1. The average Bonchev–Trinajstić information content (AvgIpc) is 2.66. The van der Waals surface area contributed by atoms with Crippen molar-refractivity contribution in [3.05, 3.63) is 41.1 Å². The second-order valence-corrected chi connectivity index (χ2v) is 6.04. The third-order valence-electron chi connectivity index (χ3n) is 4.38. The quantitative estimate of drug-likeness (QED) is 0.919. The van der Waals surface area contributed by atoms with E-state index in [0.29, 0.717) is 49.8 Å². The van der Waals surface area contributed by atoms with Gasteiger partial charge < -0.3 is 19.7 Å². The highest BCUT2D eigenvalue weighted by Gasteiger charge is 2.27. The lowest BCUT2D eigenvalue weighted by molar-refractivity contribution is 0.0722. The lowest BCUT2D eigenvalue weighted by Gasteiger charge is -2.29. The molecule has 0 radical (unpaired) electrons. The number of amides is 1. The number of para-hydroxylation sites is 1. The van der Waals surface area contributed by atoms with Crippen molar-refractivity contribution in [3.8, 4) is 11.5 Å². The van der Waals surface area contributed by atoms with Gasteiger partial charge in [-0.05, 0) is 30.7 Å². The molecule has 130 valence electrons. The SMILES string of the molecule is CCNc1cc2c(nn1)CCN(C(=O)c1cccc3c1OCCO3)C2. The van der Waals surface area contributed by atoms with Gasteiger partial charge in [-0.1, -0.05) is 6.07 Å². The van der Waals surface area contributed by atoms with Crippen molar-refractivity contribution in [2.75, 3.05) is 31.6 Å². The third-order valence-corrected chi connectivity index (χ3v) is 4.38. The summed E-state index contributed by atoms with van der Waals surface area (Å²) < 4.78 is 11.3. The number of ether oxygens (including phenoxy) is 2. The molecule has 1 aromatic carbocycles. The molecule has 0 spiro atoms. The fourth-order valence-electron chi connectivity index (χ4n) is 3.18. The van der Waals surface area contributed by atoms with E-state index < -0.39 is 0 Å². The Morgan fingerprint density at radius 1 is 1.28 bits per heavy atom. The average molecular weight is 340 g/mol. The number of aromatic nitrogens is 2. The second-order valence-electron chi connectivity index (χ2n) is 6.04. The van der Waals surface area contributed by atoms with Crippen molar-refractivity contribution in [2.24, 2.45) is 0 Å². The van der Waals surface area contributed by atoms with Gasteiger partial charge in [0.15, 0.2) is 11.5 Å². The van der Waals surface area contributed by atoms with Crippen LogP contribution in [0.4, 0.5) is 5.82 Å². The van der Waals surface area contributed by atoms with Crippen molar-refractivity contribution in [1.29, 1.82) is 0 Å². The van der Waals surface area contributed by atoms with Crippen LogP contribution >= 0.6 is 0 Å². The first kappa shape index (κ1) is 15.7. The first-order valence-corrected chi connectivity index (χ1v) is 8.53. The molecule has 1 amide bonds. The Kier molecular flexibility index (Phi) is 4.13. The van der Waals surface area contributed by atoms with Gasteiger partial charge in [0.05, 0.1) is 11.3 Å². The molecule has 0 fully saturated rings. The summed E-state index contributed by atoms with van der Waals surface area (Å²) in [6, 6.07) is 7.42. The van der Waals surface area contributed by atoms with Crippen LogP contribution in [-0.2, 0) is 13.0 Å². The molecule has 3 heterocycles. The van der Waals surface area contributed by atoms with Gasteiger partial charge in [0.2, 0.25) is 0 Å². The summed E-state index contributed by atoms with van der Waals surface area (Å²) in [6.45, 7) is 4.90. The number of hydrogen-bond donors (Lipinski definition) is 1. The van der Waals surface area contributed by atoms with E-state index in [0.717, 1.165) is 23.6 Å². The first-order valence-electron chi connectivity index (χ1n) is 8.53. The van der Waals surface area contributed by atoms with Gasteiger partial charge in [-0.3, -0.25) is 4.79 Å². The number of rotatable bonds is 3. The highest BCUT2D eigenvalue weighted by molar-refractivity contribution is 5.98. The summed E-state index contributed by atoms with van der Waals surface area (Å²) in [5, 5.41) is 11.6. The van der Waals surface area contributed by atoms with E-state index >= 15 is 0 Å². The molecule has 7 nitrogen and oxygen atoms in total. The van der Waals surface area contributed by atoms with Gasteiger partial charge in [-0.25, -0.2) is 0 Å². The minimum absolute atomic E-state index is 0.0465. The smallest absolute Gasteiger partial charge is 0.258 e. The lowest BCUT2D eigenvalue weighted by atomic mass is 10.0. The van der Waals surface area contributed by atoms with E-state index in [1.807, 2.05) is 30.0 Å². The zero-order valence-electron chi connectivity index (χ0n) is 14.1. The summed E-state index contributed by atoms with van der Waals surface area (Å²) in [4.78, 5) is 14.9. The van der Waals surface area contributed by atoms with E-state index in [1.165, 1.54) is 0 Å². The van der Waals surface area contributed by atoms with Crippen molar-refractivity contribution >= 4 is 11.7 Å². The van der Waals surface area contributed by atoms with E-state index in [2.05, 4.69) is 15.5 Å². The number of carbonyl (C=O) groups is 1. The second kappa shape index (κ2) is 6.58. The summed E-state index contributed by atoms with van der Waals surface area (Å²) in [5.74, 6) is 1.87. The summed E-state index contributed by atoms with van der Waals surface area (Å²) in [7, 11) is 0. The molecule has 7 heteroatoms. The maximum Gasteiger partial charge on any atom is 0.258 e. The van der Waals surface area contributed by atoms with Crippen LogP contribution in [-0.4, -0.2) is 47.3 Å². The van der Waals surface area contributed by atoms with Crippen LogP contribution in [0.2, 0.25) is 0 Å². The molecule has 0 aliphatic carbocycles. The minimum Gasteiger partial charge on any atom is -0.486 e. The van der Waals surface area contributed by atoms with Gasteiger partial charge >= 0.3 is 0 Å². The van der Waals surface area contributed by atoms with Crippen molar-refractivity contribution in [3.63, 3.8) is 0 Å². The van der Waals surface area contributed by atoms with Crippen molar-refractivity contribution < 1.29 is 14.3 Å². The molecule has 2 aliphatic heterocycles. The molecule has 1 N–H and O–H groups in total. The van der Waals surface area contributed by atoms with Gasteiger partial charge in [-0.2, -0.15) is 5.10 Å². The number of nitrogens with zero attached hydrogens (tertiary/aromatic N) is 3. The summed E-state index contributed by atoms with van der Waals surface area (Å²) >= 11 is 0. The Bertz CT molecular complexity index is 809. The molecule has 0 bridgehead atoms. The largest absolute Gasteiger partial charge is 0.486 e. The van der Waals surface area contributed by atoms with Gasteiger partial charge in [0, 0.05) is 26.1 Å². The van der Waals surface area contributed by atoms with E-state index in [9.17, 15) is 4.79 Å². The Morgan fingerprint density at radius 2 is 2.16 bits per heavy atom. The van der Waals surface area contributed by atoms with Crippen molar-refractivity contribution in [1.82, 2.24) is 15.1 Å². The molecule has 4 rings (SSSR count). The summed E-state index contributed by atoms with van der Waals surface area (Å²) in [5.41, 5.74) is 2.54. The maximum atomic E-state index is 13.0. The minimum atomic E-state index is -0.0465. The van der Waals surface area contributed by atoms with Crippen molar-refractivity contribution in [2.45, 2.75) is 19.9 Å². The van der Waals surface area contributed by atoms with Gasteiger partial charge in [0.25, 0.3) is 5.91 Å². The predicted molar refractivity (Wildman–Crippen MR) is 92.1 cm³/mol. The normalized spacial score (nSPS) is 15.5. The van der Waals surface area contributed by atoms with E-state index in [4.69, 9.17) is 9.47 Å². The molecule has 1 aromatic heterocycles. The molecule has 0 saturated heterocycles. The molecule has 0 saturated carbocycles. The standard InChI is InChI=1S/C18H20N4O3/c1-2-19-16-10-12-11-22(7-6-14(12)20-21-16)18(23)13-4-3-5-15-17(13)25-9-8-24-15/h3-5,10H,2,6-9,11H2,1H3,(H,19,21). The fraction of sp³-hybridized carbons (Fsp3) is 0.389. The topological polar surface area (TPSA) is 76.6 Å². The number of fused-ring (bicyclic) bond motifs is 2. The van der Waals surface area contributed by atoms with E-state index in [-0.39, 0.29) is 5.91 Å². The van der Waals surface area contributed by atoms with Crippen LogP contribution in [0.5, 0.6) is 11.5 Å². The van der Waals surface area contributed by atoms with Crippen LogP contribution in [0.1, 0.15) is 28.5 Å². The molecule has 0 unspecified atom stereocenters. The molecular weight excluding hydrogens is 320 g/mol. The van der Waals surface area contributed by atoms with Gasteiger partial charge in [-0.15, -0.1) is 5.10 Å². The zero-order chi connectivity index (χ0) is 17.2. The number of hydrogen-bond acceptors (Lipinski definition) is 6. The highest BCUT2D eigenvalue weighted by atomic mass is 16.6. The van der Waals surface area contributed by atoms with Crippen LogP contribution in [0.3, 0.4) is 0 Å². The molecule has 25 heavy (non-hydrogen) atoms. The predicted octanol–water partition coefficient (Wildman–Crippen LogP) is 1.88. The molecule has 2 aliphatic rings. The maximum absolute atomic E-state index is 13.0. The van der Waals surface area contributed by atoms with Gasteiger partial charge in [0.1, 0.15) is 19.0 Å². The van der Waals surface area contributed by atoms with Crippen LogP contribution in [0.25, 0.3) is 0 Å². The molecule has 0 atom stereocenters. The molecule has 2 aromatic rings. The van der Waals surface area contributed by atoms with E-state index in [1.54, 1.807) is 6.07 Å². The Morgan fingerprint density at radius 3 is 3.04 bits per heavy atom. The van der Waals surface area contributed by atoms with Crippen LogP contribution in [0, 0.1) is 0 Å². The molecular formula is C18H20N4O3.